The van der Waals surface area contributed by atoms with Crippen molar-refractivity contribution in [1.29, 1.82) is 0 Å². The average Bonchev–Trinajstić information content (AvgIpc) is 2.42. The molecule has 0 unspecified atom stereocenters. The number of anilines is 1. The molecule has 0 atom stereocenters. The van der Waals surface area contributed by atoms with Crippen LogP contribution in [-0.4, -0.2) is 38.8 Å². The van der Waals surface area contributed by atoms with Gasteiger partial charge in [0.05, 0.1) is 11.1 Å². The molecule has 0 aliphatic rings. The monoisotopic (exact) mass is 317 g/mol. The minimum Gasteiger partial charge on any atom is -0.478 e. The molecule has 0 aliphatic carbocycles. The Morgan fingerprint density at radius 2 is 2.10 bits per heavy atom. The van der Waals surface area contributed by atoms with Crippen LogP contribution in [0.3, 0.4) is 0 Å². The van der Waals surface area contributed by atoms with Crippen LogP contribution in [-0.2, 0) is 0 Å². The van der Waals surface area contributed by atoms with Crippen molar-refractivity contribution in [2.45, 2.75) is 5.51 Å². The first-order chi connectivity index (χ1) is 9.87. The van der Waals surface area contributed by atoms with Crippen LogP contribution in [0.4, 0.5) is 19.0 Å². The normalized spacial score (nSPS) is 11.6. The highest BCUT2D eigenvalue weighted by Gasteiger charge is 2.27. The number of halogens is 3. The van der Waals surface area contributed by atoms with Gasteiger partial charge in [-0.3, -0.25) is 0 Å². The minimum atomic E-state index is -4.26. The molecule has 0 fully saturated rings. The molecular weight excluding hydrogens is 307 g/mol. The van der Waals surface area contributed by atoms with E-state index in [0.717, 1.165) is 0 Å². The molecule has 1 aromatic carbocycles. The Morgan fingerprint density at radius 1 is 1.33 bits per heavy atom. The zero-order chi connectivity index (χ0) is 15.5. The third-order valence-corrected chi connectivity index (χ3v) is 3.28. The van der Waals surface area contributed by atoms with Gasteiger partial charge in [-0.15, -0.1) is 0 Å². The lowest BCUT2D eigenvalue weighted by atomic mass is 10.1. The largest absolute Gasteiger partial charge is 0.478 e. The van der Waals surface area contributed by atoms with Gasteiger partial charge in [0.2, 0.25) is 0 Å². The number of carbonyl (C=O) groups is 1. The zero-order valence-corrected chi connectivity index (χ0v) is 11.3. The summed E-state index contributed by atoms with van der Waals surface area (Å²) in [6.07, 6.45) is 1.23. The number of nitrogens with one attached hydrogen (secondary N) is 1. The fourth-order valence-electron chi connectivity index (χ4n) is 1.67. The van der Waals surface area contributed by atoms with E-state index in [0.29, 0.717) is 16.7 Å². The number of carboxylic acid groups (broad SMARTS) is 1. The lowest BCUT2D eigenvalue weighted by Gasteiger charge is -2.09. The summed E-state index contributed by atoms with van der Waals surface area (Å²) >= 11 is -0.119. The second-order valence-electron chi connectivity index (χ2n) is 3.98. The van der Waals surface area contributed by atoms with E-state index >= 15 is 0 Å². The fraction of sp³-hybridized carbons (Fsp3) is 0.250. The van der Waals surface area contributed by atoms with E-state index in [2.05, 4.69) is 15.3 Å². The molecule has 9 heteroatoms. The summed E-state index contributed by atoms with van der Waals surface area (Å²) in [5.74, 6) is -0.853. The number of thioether (sulfide) groups is 1. The molecule has 112 valence electrons. The van der Waals surface area contributed by atoms with Crippen molar-refractivity contribution in [3.63, 3.8) is 0 Å². The topological polar surface area (TPSA) is 75.1 Å². The number of nitrogens with zero attached hydrogens (tertiary/aromatic N) is 2. The number of fused-ring (bicyclic) bond motifs is 1. The number of benzene rings is 1. The Bertz CT molecular complexity index is 664. The summed E-state index contributed by atoms with van der Waals surface area (Å²) in [6.45, 7) is 0.0803. The summed E-state index contributed by atoms with van der Waals surface area (Å²) in [5.41, 5.74) is -3.76. The second-order valence-corrected chi connectivity index (χ2v) is 5.14. The Hall–Kier alpha value is -2.03. The second kappa shape index (κ2) is 6.17. The maximum Gasteiger partial charge on any atom is 0.441 e. The summed E-state index contributed by atoms with van der Waals surface area (Å²) in [6, 6.07) is 4.30. The predicted octanol–water partition coefficient (Wildman–Crippen LogP) is 2.99. The highest BCUT2D eigenvalue weighted by molar-refractivity contribution is 8.00. The van der Waals surface area contributed by atoms with Gasteiger partial charge < -0.3 is 10.4 Å². The number of aromatic carboxylic acids is 1. The van der Waals surface area contributed by atoms with Crippen LogP contribution in [0.1, 0.15) is 10.4 Å². The number of hydrogen-bond donors (Lipinski definition) is 2. The van der Waals surface area contributed by atoms with Crippen molar-refractivity contribution in [2.24, 2.45) is 0 Å². The van der Waals surface area contributed by atoms with E-state index in [1.165, 1.54) is 24.5 Å². The van der Waals surface area contributed by atoms with E-state index in [9.17, 15) is 18.0 Å². The number of carboxylic acids is 1. The number of aromatic nitrogens is 2. The molecule has 2 rings (SSSR count). The third-order valence-electron chi connectivity index (χ3n) is 2.54. The van der Waals surface area contributed by atoms with Gasteiger partial charge in [0.25, 0.3) is 0 Å². The highest BCUT2D eigenvalue weighted by Crippen LogP contribution is 2.29. The highest BCUT2D eigenvalue weighted by atomic mass is 32.2. The number of hydrogen-bond acceptors (Lipinski definition) is 5. The smallest absolute Gasteiger partial charge is 0.441 e. The Morgan fingerprint density at radius 3 is 2.76 bits per heavy atom. The molecule has 0 radical (unpaired) electrons. The van der Waals surface area contributed by atoms with Gasteiger partial charge in [0.15, 0.2) is 0 Å². The molecule has 1 aromatic heterocycles. The summed E-state index contributed by atoms with van der Waals surface area (Å²) in [4.78, 5) is 18.8. The van der Waals surface area contributed by atoms with E-state index in [1.807, 2.05) is 0 Å². The molecular formula is C12H10F3N3O2S. The molecule has 21 heavy (non-hydrogen) atoms. The van der Waals surface area contributed by atoms with Crippen molar-refractivity contribution in [3.05, 3.63) is 30.1 Å². The van der Waals surface area contributed by atoms with Crippen LogP contribution in [0.2, 0.25) is 0 Å². The minimum absolute atomic E-state index is 0.0803. The molecule has 0 bridgehead atoms. The van der Waals surface area contributed by atoms with Gasteiger partial charge >= 0.3 is 11.5 Å². The molecule has 0 amide bonds. The van der Waals surface area contributed by atoms with Gasteiger partial charge in [-0.25, -0.2) is 14.8 Å². The van der Waals surface area contributed by atoms with Gasteiger partial charge in [-0.05, 0) is 30.0 Å². The van der Waals surface area contributed by atoms with Gasteiger partial charge in [-0.1, -0.05) is 0 Å². The molecule has 1 heterocycles. The van der Waals surface area contributed by atoms with Crippen LogP contribution in [0.25, 0.3) is 10.9 Å². The van der Waals surface area contributed by atoms with E-state index in [4.69, 9.17) is 5.11 Å². The Balaban J connectivity index is 2.12. The van der Waals surface area contributed by atoms with E-state index in [1.54, 1.807) is 0 Å². The van der Waals surface area contributed by atoms with Gasteiger partial charge in [-0.2, -0.15) is 13.2 Å². The summed E-state index contributed by atoms with van der Waals surface area (Å²) < 4.78 is 36.0. The maximum absolute atomic E-state index is 12.0. The first kappa shape index (κ1) is 15.4. The number of rotatable bonds is 5. The Labute approximate surface area is 121 Å². The van der Waals surface area contributed by atoms with Gasteiger partial charge in [0.1, 0.15) is 12.1 Å². The van der Waals surface area contributed by atoms with Crippen molar-refractivity contribution in [3.8, 4) is 0 Å². The number of alkyl halides is 3. The molecule has 0 saturated heterocycles. The molecule has 2 aromatic rings. The van der Waals surface area contributed by atoms with Crippen LogP contribution in [0.15, 0.2) is 24.5 Å². The summed E-state index contributed by atoms with van der Waals surface area (Å²) in [5, 5.41) is 12.2. The fourth-order valence-corrected chi connectivity index (χ4v) is 2.10. The van der Waals surface area contributed by atoms with Gasteiger partial charge in [0, 0.05) is 17.7 Å². The van der Waals surface area contributed by atoms with Crippen LogP contribution < -0.4 is 5.32 Å². The lowest BCUT2D eigenvalue weighted by molar-refractivity contribution is -0.0327. The average molecular weight is 317 g/mol. The van der Waals surface area contributed by atoms with Crippen LogP contribution in [0.5, 0.6) is 0 Å². The SMILES string of the molecule is O=C(O)c1ccc2c(NCCSC(F)(F)F)ncnc2c1. The standard InChI is InChI=1S/C12H10F3N3O2S/c13-12(14,15)21-4-3-16-10-8-2-1-7(11(19)20)5-9(8)17-6-18-10/h1-2,5-6H,3-4H2,(H,19,20)(H,16,17,18). The quantitative estimate of drug-likeness (QED) is 0.826. The van der Waals surface area contributed by atoms with E-state index < -0.39 is 11.5 Å². The molecule has 5 nitrogen and oxygen atoms in total. The van der Waals surface area contributed by atoms with Crippen molar-refractivity contribution in [1.82, 2.24) is 9.97 Å². The zero-order valence-electron chi connectivity index (χ0n) is 10.5. The summed E-state index contributed by atoms with van der Waals surface area (Å²) in [7, 11) is 0. The van der Waals surface area contributed by atoms with Crippen LogP contribution in [0, 0.1) is 0 Å². The molecule has 0 saturated carbocycles. The van der Waals surface area contributed by atoms with Crippen molar-refractivity contribution >= 4 is 34.5 Å². The first-order valence-electron chi connectivity index (χ1n) is 5.79. The van der Waals surface area contributed by atoms with E-state index in [-0.39, 0.29) is 29.6 Å². The lowest BCUT2D eigenvalue weighted by Crippen LogP contribution is -2.10. The van der Waals surface area contributed by atoms with Crippen molar-refractivity contribution < 1.29 is 23.1 Å². The predicted molar refractivity (Wildman–Crippen MR) is 73.5 cm³/mol. The van der Waals surface area contributed by atoms with Crippen molar-refractivity contribution in [2.75, 3.05) is 17.6 Å². The van der Waals surface area contributed by atoms with Crippen LogP contribution >= 0.6 is 11.8 Å². The molecule has 0 aliphatic heterocycles. The maximum atomic E-state index is 12.0. The third kappa shape index (κ3) is 4.22. The molecule has 2 N–H and O–H groups in total. The molecule has 0 spiro atoms. The Kier molecular flexibility index (Phi) is 4.51. The first-order valence-corrected chi connectivity index (χ1v) is 6.78.